The molecule has 4 heteroatoms. The number of aliphatic carboxylic acids is 1. The Morgan fingerprint density at radius 1 is 0.950 bits per heavy atom. The summed E-state index contributed by atoms with van der Waals surface area (Å²) < 4.78 is 5.41. The van der Waals surface area contributed by atoms with E-state index in [0.717, 1.165) is 0 Å². The lowest BCUT2D eigenvalue weighted by Crippen LogP contribution is -2.37. The Morgan fingerprint density at radius 3 is 1.65 bits per heavy atom. The summed E-state index contributed by atoms with van der Waals surface area (Å²) in [5.41, 5.74) is -0.590. The van der Waals surface area contributed by atoms with Crippen LogP contribution in [0.2, 0.25) is 0 Å². The van der Waals surface area contributed by atoms with Crippen molar-refractivity contribution in [1.29, 1.82) is 0 Å². The molecule has 1 N–H and O–H groups in total. The van der Waals surface area contributed by atoms with Crippen molar-refractivity contribution in [2.75, 3.05) is 0 Å². The normalized spacial score (nSPS) is 15.2. The van der Waals surface area contributed by atoms with Crippen molar-refractivity contribution in [2.24, 2.45) is 23.7 Å². The zero-order valence-electron chi connectivity index (χ0n) is 13.9. The minimum Gasteiger partial charge on any atom is -0.481 e. The van der Waals surface area contributed by atoms with Gasteiger partial charge in [0.1, 0.15) is 5.60 Å². The third-order valence-electron chi connectivity index (χ3n) is 2.96. The molecule has 0 aromatic carbocycles. The van der Waals surface area contributed by atoms with Crippen LogP contribution in [0.4, 0.5) is 0 Å². The van der Waals surface area contributed by atoms with E-state index in [2.05, 4.69) is 0 Å². The Hall–Kier alpha value is -1.06. The van der Waals surface area contributed by atoms with Crippen LogP contribution in [0.15, 0.2) is 0 Å². The quantitative estimate of drug-likeness (QED) is 0.724. The topological polar surface area (TPSA) is 63.6 Å². The number of carbonyl (C=O) groups excluding carboxylic acids is 1. The van der Waals surface area contributed by atoms with Crippen molar-refractivity contribution in [2.45, 2.75) is 66.9 Å². The van der Waals surface area contributed by atoms with Crippen molar-refractivity contribution in [3.63, 3.8) is 0 Å². The van der Waals surface area contributed by atoms with E-state index in [1.54, 1.807) is 20.8 Å². The van der Waals surface area contributed by atoms with E-state index >= 15 is 0 Å². The number of carbonyl (C=O) groups is 2. The first kappa shape index (κ1) is 18.9. The Kier molecular flexibility index (Phi) is 7.25. The first-order valence-electron chi connectivity index (χ1n) is 7.39. The van der Waals surface area contributed by atoms with Crippen LogP contribution in [0, 0.1) is 23.7 Å². The van der Waals surface area contributed by atoms with E-state index in [1.165, 1.54) is 0 Å². The predicted molar refractivity (Wildman–Crippen MR) is 79.4 cm³/mol. The number of hydrogen-bond acceptors (Lipinski definition) is 3. The molecule has 0 unspecified atom stereocenters. The summed E-state index contributed by atoms with van der Waals surface area (Å²) in [4.78, 5) is 23.9. The molecule has 0 fully saturated rings. The molecular formula is C16H30O4. The number of carboxylic acid groups (broad SMARTS) is 1. The lowest BCUT2D eigenvalue weighted by Gasteiger charge is -2.29. The highest BCUT2D eigenvalue weighted by Crippen LogP contribution is 2.29. The number of esters is 1. The van der Waals surface area contributed by atoms with Gasteiger partial charge in [-0.05, 0) is 45.4 Å². The lowest BCUT2D eigenvalue weighted by molar-refractivity contribution is -0.167. The molecule has 0 amide bonds. The molecule has 118 valence electrons. The van der Waals surface area contributed by atoms with Gasteiger partial charge < -0.3 is 9.84 Å². The average Bonchev–Trinajstić information content (AvgIpc) is 2.19. The molecule has 0 aliphatic rings. The fourth-order valence-electron chi connectivity index (χ4n) is 2.26. The van der Waals surface area contributed by atoms with Crippen LogP contribution in [-0.4, -0.2) is 22.6 Å². The highest BCUT2D eigenvalue weighted by atomic mass is 16.6. The van der Waals surface area contributed by atoms with Gasteiger partial charge in [0.05, 0.1) is 11.8 Å². The first-order valence-corrected chi connectivity index (χ1v) is 7.39. The largest absolute Gasteiger partial charge is 0.481 e. The maximum absolute atomic E-state index is 12.3. The van der Waals surface area contributed by atoms with Crippen LogP contribution in [0.25, 0.3) is 0 Å². The second-order valence-corrected chi connectivity index (χ2v) is 7.34. The van der Waals surface area contributed by atoms with E-state index in [9.17, 15) is 14.7 Å². The van der Waals surface area contributed by atoms with E-state index in [4.69, 9.17) is 4.74 Å². The summed E-state index contributed by atoms with van der Waals surface area (Å²) in [6, 6.07) is 0. The fraction of sp³-hybridized carbons (Fsp3) is 0.875. The van der Waals surface area contributed by atoms with Gasteiger partial charge in [0.2, 0.25) is 0 Å². The molecule has 0 heterocycles. The van der Waals surface area contributed by atoms with Gasteiger partial charge in [-0.1, -0.05) is 27.7 Å². The number of ether oxygens (including phenoxy) is 1. The zero-order valence-corrected chi connectivity index (χ0v) is 13.9. The molecule has 0 aliphatic carbocycles. The Labute approximate surface area is 122 Å². The Bertz CT molecular complexity index is 326. The second-order valence-electron chi connectivity index (χ2n) is 7.34. The van der Waals surface area contributed by atoms with Crippen LogP contribution in [0.1, 0.15) is 61.3 Å². The maximum atomic E-state index is 12.3. The van der Waals surface area contributed by atoms with Gasteiger partial charge in [-0.3, -0.25) is 9.59 Å². The van der Waals surface area contributed by atoms with Crippen molar-refractivity contribution >= 4 is 11.9 Å². The van der Waals surface area contributed by atoms with Crippen molar-refractivity contribution in [3.8, 4) is 0 Å². The second kappa shape index (κ2) is 7.65. The molecule has 0 aromatic rings. The zero-order chi connectivity index (χ0) is 16.1. The molecule has 0 saturated carbocycles. The average molecular weight is 286 g/mol. The fourth-order valence-corrected chi connectivity index (χ4v) is 2.26. The number of hydrogen-bond donors (Lipinski definition) is 1. The predicted octanol–water partition coefficient (Wildman–Crippen LogP) is 3.74. The number of rotatable bonds is 7. The molecule has 0 bridgehead atoms. The van der Waals surface area contributed by atoms with Gasteiger partial charge in [-0.15, -0.1) is 0 Å². The molecule has 2 atom stereocenters. The summed E-state index contributed by atoms with van der Waals surface area (Å²) in [5, 5.41) is 9.44. The molecule has 4 nitrogen and oxygen atoms in total. The maximum Gasteiger partial charge on any atom is 0.310 e. The molecule has 0 aliphatic heterocycles. The highest BCUT2D eigenvalue weighted by Gasteiger charge is 2.37. The third-order valence-corrected chi connectivity index (χ3v) is 2.96. The third kappa shape index (κ3) is 7.51. The smallest absolute Gasteiger partial charge is 0.310 e. The van der Waals surface area contributed by atoms with Gasteiger partial charge in [0, 0.05) is 0 Å². The summed E-state index contributed by atoms with van der Waals surface area (Å²) in [5.74, 6) is -2.06. The van der Waals surface area contributed by atoms with Gasteiger partial charge in [-0.25, -0.2) is 0 Å². The lowest BCUT2D eigenvalue weighted by atomic mass is 9.80. The van der Waals surface area contributed by atoms with Gasteiger partial charge in [0.15, 0.2) is 0 Å². The van der Waals surface area contributed by atoms with E-state index < -0.39 is 23.4 Å². The van der Waals surface area contributed by atoms with Crippen LogP contribution < -0.4 is 0 Å². The van der Waals surface area contributed by atoms with E-state index in [0.29, 0.717) is 12.8 Å². The minimum atomic E-state index is -0.907. The van der Waals surface area contributed by atoms with Crippen molar-refractivity contribution in [3.05, 3.63) is 0 Å². The Morgan fingerprint density at radius 2 is 1.35 bits per heavy atom. The summed E-state index contributed by atoms with van der Waals surface area (Å²) in [7, 11) is 0. The van der Waals surface area contributed by atoms with Crippen LogP contribution in [0.3, 0.4) is 0 Å². The van der Waals surface area contributed by atoms with E-state index in [-0.39, 0.29) is 17.8 Å². The van der Waals surface area contributed by atoms with Crippen molar-refractivity contribution in [1.82, 2.24) is 0 Å². The SMILES string of the molecule is CC(C)C[C@H](C(=O)OC(C)(C)C)[C@@H](CC(C)C)C(=O)O. The monoisotopic (exact) mass is 286 g/mol. The highest BCUT2D eigenvalue weighted by molar-refractivity contribution is 5.81. The Balaban J connectivity index is 5.18. The van der Waals surface area contributed by atoms with Gasteiger partial charge in [0.25, 0.3) is 0 Å². The molecule has 20 heavy (non-hydrogen) atoms. The van der Waals surface area contributed by atoms with Crippen molar-refractivity contribution < 1.29 is 19.4 Å². The van der Waals surface area contributed by atoms with Gasteiger partial charge in [-0.2, -0.15) is 0 Å². The van der Waals surface area contributed by atoms with Crippen LogP contribution in [0.5, 0.6) is 0 Å². The van der Waals surface area contributed by atoms with Crippen LogP contribution >= 0.6 is 0 Å². The number of carboxylic acids is 1. The summed E-state index contributed by atoms with van der Waals surface area (Å²) in [6.45, 7) is 13.3. The molecule has 0 saturated heterocycles. The summed E-state index contributed by atoms with van der Waals surface area (Å²) >= 11 is 0. The minimum absolute atomic E-state index is 0.230. The molecule has 0 aromatic heterocycles. The molecular weight excluding hydrogens is 256 g/mol. The van der Waals surface area contributed by atoms with Crippen LogP contribution in [-0.2, 0) is 14.3 Å². The molecule has 0 rings (SSSR count). The standard InChI is InChI=1S/C16H30O4/c1-10(2)8-12(14(17)18)13(9-11(3)4)15(19)20-16(5,6)7/h10-13H,8-9H2,1-7H3,(H,17,18)/t12-,13+/m1/s1. The summed E-state index contributed by atoms with van der Waals surface area (Å²) in [6.07, 6.45) is 1.03. The van der Waals surface area contributed by atoms with Gasteiger partial charge >= 0.3 is 11.9 Å². The first-order chi connectivity index (χ1) is 8.94. The molecule has 0 spiro atoms. The molecule has 0 radical (unpaired) electrons. The van der Waals surface area contributed by atoms with E-state index in [1.807, 2.05) is 27.7 Å².